The van der Waals surface area contributed by atoms with Crippen molar-refractivity contribution in [1.29, 1.82) is 0 Å². The molecule has 0 saturated carbocycles. The summed E-state index contributed by atoms with van der Waals surface area (Å²) in [7, 11) is 1.28. The number of phenolic OH excluding ortho intramolecular Hbond substituents is 1. The van der Waals surface area contributed by atoms with Crippen LogP contribution in [-0.4, -0.2) is 23.9 Å². The van der Waals surface area contributed by atoms with Crippen LogP contribution in [0.3, 0.4) is 0 Å². The van der Waals surface area contributed by atoms with E-state index in [2.05, 4.69) is 0 Å². The van der Waals surface area contributed by atoms with Crippen molar-refractivity contribution in [3.63, 3.8) is 0 Å². The zero-order valence-electron chi connectivity index (χ0n) is 8.20. The van der Waals surface area contributed by atoms with E-state index in [1.165, 1.54) is 7.11 Å². The number of hydrogen-bond acceptors (Lipinski definition) is 3. The smallest absolute Gasteiger partial charge is 0.275 e. The predicted octanol–water partition coefficient (Wildman–Crippen LogP) is 1.88. The highest BCUT2D eigenvalue weighted by Gasteiger charge is 2.31. The Morgan fingerprint density at radius 1 is 1.40 bits per heavy atom. The van der Waals surface area contributed by atoms with Gasteiger partial charge in [0.05, 0.1) is 7.11 Å². The average molecular weight is 218 g/mol. The first-order valence-electron chi connectivity index (χ1n) is 4.37. The standard InChI is InChI=1S/C10H12F2O3/c1-15-9-6-7(2-3-8(9)14)10(11,12)4-5-13/h2-3,6,13-14H,4-5H2,1H3. The first-order chi connectivity index (χ1) is 7.01. The van der Waals surface area contributed by atoms with Gasteiger partial charge >= 0.3 is 0 Å². The van der Waals surface area contributed by atoms with E-state index in [1.807, 2.05) is 0 Å². The largest absolute Gasteiger partial charge is 0.504 e. The summed E-state index contributed by atoms with van der Waals surface area (Å²) < 4.78 is 31.3. The summed E-state index contributed by atoms with van der Waals surface area (Å²) in [6.07, 6.45) is -0.652. The van der Waals surface area contributed by atoms with Crippen LogP contribution in [0.1, 0.15) is 12.0 Å². The highest BCUT2D eigenvalue weighted by molar-refractivity contribution is 5.43. The fourth-order valence-electron chi connectivity index (χ4n) is 1.19. The van der Waals surface area contributed by atoms with Crippen LogP contribution >= 0.6 is 0 Å². The van der Waals surface area contributed by atoms with Crippen LogP contribution in [0.15, 0.2) is 18.2 Å². The third-order valence-electron chi connectivity index (χ3n) is 2.03. The highest BCUT2D eigenvalue weighted by atomic mass is 19.3. The molecule has 0 unspecified atom stereocenters. The van der Waals surface area contributed by atoms with E-state index in [-0.39, 0.29) is 17.1 Å². The van der Waals surface area contributed by atoms with Crippen LogP contribution in [0.5, 0.6) is 11.5 Å². The number of ether oxygens (including phenoxy) is 1. The molecule has 0 aliphatic rings. The monoisotopic (exact) mass is 218 g/mol. The molecule has 0 radical (unpaired) electrons. The highest BCUT2D eigenvalue weighted by Crippen LogP contribution is 2.36. The van der Waals surface area contributed by atoms with Gasteiger partial charge in [0.1, 0.15) is 0 Å². The van der Waals surface area contributed by atoms with Crippen LogP contribution in [0.4, 0.5) is 8.78 Å². The van der Waals surface area contributed by atoms with E-state index in [0.717, 1.165) is 18.2 Å². The molecule has 5 heteroatoms. The van der Waals surface area contributed by atoms with E-state index in [4.69, 9.17) is 9.84 Å². The van der Waals surface area contributed by atoms with Crippen LogP contribution in [0.25, 0.3) is 0 Å². The van der Waals surface area contributed by atoms with Crippen molar-refractivity contribution in [3.8, 4) is 11.5 Å². The van der Waals surface area contributed by atoms with Crippen molar-refractivity contribution in [2.75, 3.05) is 13.7 Å². The van der Waals surface area contributed by atoms with Crippen molar-refractivity contribution in [3.05, 3.63) is 23.8 Å². The number of aliphatic hydroxyl groups is 1. The number of aromatic hydroxyl groups is 1. The van der Waals surface area contributed by atoms with Crippen molar-refractivity contribution >= 4 is 0 Å². The van der Waals surface area contributed by atoms with E-state index in [9.17, 15) is 13.9 Å². The lowest BCUT2D eigenvalue weighted by Crippen LogP contribution is -2.15. The lowest BCUT2D eigenvalue weighted by molar-refractivity contribution is -0.0271. The second kappa shape index (κ2) is 4.44. The van der Waals surface area contributed by atoms with Crippen molar-refractivity contribution < 1.29 is 23.7 Å². The van der Waals surface area contributed by atoms with Crippen LogP contribution in [0, 0.1) is 0 Å². The SMILES string of the molecule is COc1cc(C(F)(F)CCO)ccc1O. The summed E-state index contributed by atoms with van der Waals surface area (Å²) in [5.41, 5.74) is -0.286. The summed E-state index contributed by atoms with van der Waals surface area (Å²) >= 11 is 0. The van der Waals surface area contributed by atoms with Crippen molar-refractivity contribution in [1.82, 2.24) is 0 Å². The number of rotatable bonds is 4. The van der Waals surface area contributed by atoms with Gasteiger partial charge in [-0.05, 0) is 18.2 Å². The normalized spacial score (nSPS) is 11.5. The van der Waals surface area contributed by atoms with Gasteiger partial charge in [-0.2, -0.15) is 0 Å². The van der Waals surface area contributed by atoms with Crippen molar-refractivity contribution in [2.24, 2.45) is 0 Å². The quantitative estimate of drug-likeness (QED) is 0.811. The second-order valence-corrected chi connectivity index (χ2v) is 3.06. The van der Waals surface area contributed by atoms with E-state index in [0.29, 0.717) is 0 Å². The molecule has 0 bridgehead atoms. The summed E-state index contributed by atoms with van der Waals surface area (Å²) in [5.74, 6) is -3.32. The molecule has 0 aliphatic carbocycles. The van der Waals surface area contributed by atoms with Gasteiger partial charge in [0.2, 0.25) is 0 Å². The Morgan fingerprint density at radius 3 is 2.60 bits per heavy atom. The Kier molecular flexibility index (Phi) is 3.47. The second-order valence-electron chi connectivity index (χ2n) is 3.06. The Balaban J connectivity index is 3.04. The van der Waals surface area contributed by atoms with Crippen LogP contribution in [0.2, 0.25) is 0 Å². The Hall–Kier alpha value is -1.36. The topological polar surface area (TPSA) is 49.7 Å². The molecule has 2 N–H and O–H groups in total. The van der Waals surface area contributed by atoms with Gasteiger partial charge in [-0.25, -0.2) is 8.78 Å². The molecule has 0 aromatic heterocycles. The molecule has 1 aromatic carbocycles. The Bertz CT molecular complexity index is 339. The van der Waals surface area contributed by atoms with Gasteiger partial charge in [0.25, 0.3) is 5.92 Å². The molecule has 0 saturated heterocycles. The molecule has 0 atom stereocenters. The maximum Gasteiger partial charge on any atom is 0.275 e. The number of hydrogen-bond donors (Lipinski definition) is 2. The third kappa shape index (κ3) is 2.56. The fourth-order valence-corrected chi connectivity index (χ4v) is 1.19. The lowest BCUT2D eigenvalue weighted by Gasteiger charge is -2.16. The minimum absolute atomic E-state index is 0.00915. The minimum Gasteiger partial charge on any atom is -0.504 e. The number of aliphatic hydroxyl groups excluding tert-OH is 1. The van der Waals surface area contributed by atoms with Gasteiger partial charge in [0, 0.05) is 18.6 Å². The molecule has 0 fully saturated rings. The number of halogens is 2. The van der Waals surface area contributed by atoms with E-state index in [1.54, 1.807) is 0 Å². The molecule has 0 aliphatic heterocycles. The van der Waals surface area contributed by atoms with Gasteiger partial charge in [-0.15, -0.1) is 0 Å². The minimum atomic E-state index is -3.12. The lowest BCUT2D eigenvalue weighted by atomic mass is 10.1. The number of benzene rings is 1. The number of methoxy groups -OCH3 is 1. The molecular weight excluding hydrogens is 206 g/mol. The predicted molar refractivity (Wildman–Crippen MR) is 50.3 cm³/mol. The summed E-state index contributed by atoms with van der Waals surface area (Å²) in [6, 6.07) is 3.30. The fraction of sp³-hybridized carbons (Fsp3) is 0.400. The number of alkyl halides is 2. The third-order valence-corrected chi connectivity index (χ3v) is 2.03. The average Bonchev–Trinajstić information content (AvgIpc) is 2.18. The van der Waals surface area contributed by atoms with Gasteiger partial charge in [-0.1, -0.05) is 0 Å². The van der Waals surface area contributed by atoms with Crippen LogP contribution in [-0.2, 0) is 5.92 Å². The van der Waals surface area contributed by atoms with Crippen molar-refractivity contribution in [2.45, 2.75) is 12.3 Å². The summed E-state index contributed by atoms with van der Waals surface area (Å²) in [4.78, 5) is 0. The van der Waals surface area contributed by atoms with Crippen LogP contribution < -0.4 is 4.74 Å². The maximum absolute atomic E-state index is 13.3. The molecule has 0 spiro atoms. The number of phenols is 1. The van der Waals surface area contributed by atoms with E-state index >= 15 is 0 Å². The molecule has 3 nitrogen and oxygen atoms in total. The molecule has 84 valence electrons. The van der Waals surface area contributed by atoms with E-state index < -0.39 is 19.0 Å². The molecule has 15 heavy (non-hydrogen) atoms. The first-order valence-corrected chi connectivity index (χ1v) is 4.37. The zero-order chi connectivity index (χ0) is 11.5. The van der Waals surface area contributed by atoms with Gasteiger partial charge in [0.15, 0.2) is 11.5 Å². The Labute approximate surface area is 85.9 Å². The maximum atomic E-state index is 13.3. The molecule has 0 amide bonds. The summed E-state index contributed by atoms with van der Waals surface area (Å²) in [6.45, 7) is -0.601. The van der Waals surface area contributed by atoms with Gasteiger partial charge < -0.3 is 14.9 Å². The Morgan fingerprint density at radius 2 is 2.07 bits per heavy atom. The zero-order valence-corrected chi connectivity index (χ0v) is 8.20. The first kappa shape index (κ1) is 11.7. The molecule has 1 rings (SSSR count). The summed E-state index contributed by atoms with van der Waals surface area (Å²) in [5, 5.41) is 17.7. The van der Waals surface area contributed by atoms with Gasteiger partial charge in [-0.3, -0.25) is 0 Å². The molecular formula is C10H12F2O3. The molecule has 1 aromatic rings. The molecule has 0 heterocycles.